The number of nitrogens with zero attached hydrogens (tertiary/aromatic N) is 1. The molecule has 0 aromatic heterocycles. The van der Waals surface area contributed by atoms with E-state index in [2.05, 4.69) is 33.0 Å². The quantitative estimate of drug-likeness (QED) is 0.516. The van der Waals surface area contributed by atoms with Gasteiger partial charge in [0, 0.05) is 31.1 Å². The summed E-state index contributed by atoms with van der Waals surface area (Å²) in [6.45, 7) is 2.10. The van der Waals surface area contributed by atoms with E-state index < -0.39 is 0 Å². The van der Waals surface area contributed by atoms with Gasteiger partial charge in [0.1, 0.15) is 17.4 Å². The summed E-state index contributed by atoms with van der Waals surface area (Å²) in [6, 6.07) is 16.7. The standard InChI is InChI=1S/C27H31FN4O2S/c28-22-11-5-4-10-20(22)21-17-35-24-23(21)30-27(31-26(24)34)32-15-12-19(13-16-32)25(33)29-14-6-9-18-7-2-1-3-8-18/h1-5,7-8,10-11,17,19,23-24,27,30H,6,9,12-16H2,(H,29,33)(H,31,34). The predicted octanol–water partition coefficient (Wildman–Crippen LogP) is 3.11. The Hall–Kier alpha value is -2.68. The number of nitrogens with one attached hydrogen (secondary N) is 3. The van der Waals surface area contributed by atoms with Gasteiger partial charge in [-0.1, -0.05) is 48.5 Å². The van der Waals surface area contributed by atoms with Gasteiger partial charge in [-0.25, -0.2) is 4.39 Å². The molecule has 184 valence electrons. The van der Waals surface area contributed by atoms with E-state index in [9.17, 15) is 14.0 Å². The lowest BCUT2D eigenvalue weighted by Crippen LogP contribution is -2.68. The van der Waals surface area contributed by atoms with Crippen molar-refractivity contribution in [2.45, 2.75) is 43.3 Å². The minimum atomic E-state index is -0.326. The average Bonchev–Trinajstić information content (AvgIpc) is 3.32. The van der Waals surface area contributed by atoms with Crippen LogP contribution in [0.2, 0.25) is 0 Å². The van der Waals surface area contributed by atoms with Crippen molar-refractivity contribution in [1.29, 1.82) is 0 Å². The van der Waals surface area contributed by atoms with Crippen LogP contribution in [0.15, 0.2) is 60.0 Å². The van der Waals surface area contributed by atoms with Crippen LogP contribution < -0.4 is 16.0 Å². The highest BCUT2D eigenvalue weighted by Crippen LogP contribution is 2.39. The van der Waals surface area contributed by atoms with Crippen LogP contribution in [-0.4, -0.2) is 53.9 Å². The lowest BCUT2D eigenvalue weighted by atomic mass is 9.94. The molecule has 3 N–H and O–H groups in total. The van der Waals surface area contributed by atoms with E-state index >= 15 is 0 Å². The number of rotatable bonds is 7. The number of hydrogen-bond acceptors (Lipinski definition) is 5. The second kappa shape index (κ2) is 10.9. The Kier molecular flexibility index (Phi) is 7.51. The number of fused-ring (bicyclic) bond motifs is 1. The smallest absolute Gasteiger partial charge is 0.237 e. The molecule has 2 amide bonds. The van der Waals surface area contributed by atoms with Gasteiger partial charge in [-0.2, -0.15) is 0 Å². The summed E-state index contributed by atoms with van der Waals surface area (Å²) in [5.74, 6) is -0.203. The Morgan fingerprint density at radius 1 is 1.09 bits per heavy atom. The van der Waals surface area contributed by atoms with Crippen LogP contribution >= 0.6 is 11.8 Å². The van der Waals surface area contributed by atoms with Gasteiger partial charge in [-0.05, 0) is 48.3 Å². The van der Waals surface area contributed by atoms with Gasteiger partial charge in [0.2, 0.25) is 11.8 Å². The van der Waals surface area contributed by atoms with Crippen LogP contribution in [0.4, 0.5) is 4.39 Å². The topological polar surface area (TPSA) is 73.5 Å². The molecule has 3 unspecified atom stereocenters. The lowest BCUT2D eigenvalue weighted by Gasteiger charge is -2.43. The predicted molar refractivity (Wildman–Crippen MR) is 137 cm³/mol. The monoisotopic (exact) mass is 494 g/mol. The molecule has 2 fully saturated rings. The number of hydrogen-bond donors (Lipinski definition) is 3. The van der Waals surface area contributed by atoms with E-state index in [1.807, 2.05) is 29.7 Å². The number of aryl methyl sites for hydroxylation is 1. The van der Waals surface area contributed by atoms with Crippen LogP contribution in [0.3, 0.4) is 0 Å². The molecular weight excluding hydrogens is 463 g/mol. The third-order valence-electron chi connectivity index (χ3n) is 7.09. The zero-order valence-corrected chi connectivity index (χ0v) is 20.4. The molecule has 0 radical (unpaired) electrons. The SMILES string of the molecule is O=C(NCCCc1ccccc1)C1CCN(C2NC(=O)C3SC=C(c4ccccc4F)C3N2)CC1. The van der Waals surface area contributed by atoms with Crippen molar-refractivity contribution in [3.05, 3.63) is 76.9 Å². The molecule has 3 aliphatic rings. The first-order valence-electron chi connectivity index (χ1n) is 12.3. The van der Waals surface area contributed by atoms with Gasteiger partial charge in [-0.3, -0.25) is 19.8 Å². The van der Waals surface area contributed by atoms with E-state index in [1.54, 1.807) is 12.1 Å². The van der Waals surface area contributed by atoms with E-state index in [-0.39, 0.29) is 41.1 Å². The second-order valence-electron chi connectivity index (χ2n) is 9.36. The highest BCUT2D eigenvalue weighted by atomic mass is 32.2. The zero-order chi connectivity index (χ0) is 24.2. The molecule has 2 aromatic rings. The Balaban J connectivity index is 1.11. The third-order valence-corrected chi connectivity index (χ3v) is 8.26. The molecule has 8 heteroatoms. The lowest BCUT2D eigenvalue weighted by molar-refractivity contribution is -0.129. The minimum absolute atomic E-state index is 0.00840. The molecule has 0 bridgehead atoms. The van der Waals surface area contributed by atoms with Gasteiger partial charge in [0.25, 0.3) is 0 Å². The van der Waals surface area contributed by atoms with E-state index in [1.165, 1.54) is 23.4 Å². The van der Waals surface area contributed by atoms with Gasteiger partial charge in [-0.15, -0.1) is 11.8 Å². The maximum Gasteiger partial charge on any atom is 0.237 e. The molecule has 2 aromatic carbocycles. The number of carbonyl (C=O) groups is 2. The Bertz CT molecular complexity index is 1090. The first-order valence-corrected chi connectivity index (χ1v) is 13.3. The van der Waals surface area contributed by atoms with Gasteiger partial charge >= 0.3 is 0 Å². The van der Waals surface area contributed by atoms with Gasteiger partial charge in [0.15, 0.2) is 0 Å². The van der Waals surface area contributed by atoms with Gasteiger partial charge in [0.05, 0.1) is 6.04 Å². The summed E-state index contributed by atoms with van der Waals surface area (Å²) in [7, 11) is 0. The normalized spacial score (nSPS) is 25.0. The maximum absolute atomic E-state index is 14.4. The fraction of sp³-hybridized carbons (Fsp3) is 0.407. The van der Waals surface area contributed by atoms with Gasteiger partial charge < -0.3 is 10.6 Å². The van der Waals surface area contributed by atoms with Crippen LogP contribution in [0.25, 0.3) is 5.57 Å². The van der Waals surface area contributed by atoms with Crippen molar-refractivity contribution >= 4 is 29.1 Å². The summed E-state index contributed by atoms with van der Waals surface area (Å²) in [5, 5.41) is 11.3. The molecule has 3 atom stereocenters. The largest absolute Gasteiger partial charge is 0.356 e. The molecule has 6 nitrogen and oxygen atoms in total. The number of likely N-dealkylation sites (tertiary alicyclic amines) is 1. The highest BCUT2D eigenvalue weighted by molar-refractivity contribution is 8.04. The minimum Gasteiger partial charge on any atom is -0.356 e. The van der Waals surface area contributed by atoms with Crippen LogP contribution in [0.1, 0.15) is 30.4 Å². The van der Waals surface area contributed by atoms with E-state index in [0.29, 0.717) is 25.2 Å². The van der Waals surface area contributed by atoms with Crippen molar-refractivity contribution in [3.8, 4) is 0 Å². The fourth-order valence-electron chi connectivity index (χ4n) is 5.12. The number of amides is 2. The Labute approximate surface area is 209 Å². The summed E-state index contributed by atoms with van der Waals surface area (Å²) >= 11 is 1.43. The number of thioether (sulfide) groups is 1. The molecule has 0 saturated carbocycles. The van der Waals surface area contributed by atoms with Crippen molar-refractivity contribution in [1.82, 2.24) is 20.9 Å². The second-order valence-corrected chi connectivity index (χ2v) is 10.4. The molecule has 2 saturated heterocycles. The Morgan fingerprint density at radius 2 is 1.83 bits per heavy atom. The van der Waals surface area contributed by atoms with Crippen molar-refractivity contribution in [2.24, 2.45) is 5.92 Å². The first-order chi connectivity index (χ1) is 17.1. The van der Waals surface area contributed by atoms with E-state index in [0.717, 1.165) is 31.3 Å². The van der Waals surface area contributed by atoms with E-state index in [4.69, 9.17) is 0 Å². The van der Waals surface area contributed by atoms with Crippen LogP contribution in [-0.2, 0) is 16.0 Å². The number of benzene rings is 2. The zero-order valence-electron chi connectivity index (χ0n) is 19.6. The average molecular weight is 495 g/mol. The maximum atomic E-state index is 14.4. The highest BCUT2D eigenvalue weighted by Gasteiger charge is 2.44. The molecule has 0 aliphatic carbocycles. The van der Waals surface area contributed by atoms with Crippen molar-refractivity contribution in [2.75, 3.05) is 19.6 Å². The molecule has 0 spiro atoms. The number of carbonyl (C=O) groups excluding carboxylic acids is 2. The third kappa shape index (κ3) is 5.44. The van der Waals surface area contributed by atoms with Crippen LogP contribution in [0, 0.1) is 11.7 Å². The van der Waals surface area contributed by atoms with Crippen molar-refractivity contribution < 1.29 is 14.0 Å². The molecular formula is C27H31FN4O2S. The first kappa shape index (κ1) is 24.0. The molecule has 3 heterocycles. The summed E-state index contributed by atoms with van der Waals surface area (Å²) < 4.78 is 14.4. The fourth-order valence-corrected chi connectivity index (χ4v) is 6.26. The number of piperidine rings is 1. The summed E-state index contributed by atoms with van der Waals surface area (Å²) in [4.78, 5) is 27.7. The number of halogens is 1. The van der Waals surface area contributed by atoms with Crippen LogP contribution in [0.5, 0.6) is 0 Å². The summed E-state index contributed by atoms with van der Waals surface area (Å²) in [6.07, 6.45) is 3.04. The molecule has 35 heavy (non-hydrogen) atoms. The Morgan fingerprint density at radius 3 is 2.60 bits per heavy atom. The van der Waals surface area contributed by atoms with Crippen molar-refractivity contribution in [3.63, 3.8) is 0 Å². The summed E-state index contributed by atoms with van der Waals surface area (Å²) in [5.41, 5.74) is 2.65. The molecule has 3 aliphatic heterocycles. The molecule has 5 rings (SSSR count).